The largest absolute Gasteiger partial charge is 0.545 e. The van der Waals surface area contributed by atoms with Gasteiger partial charge in [-0.15, -0.1) is 0 Å². The fourth-order valence-corrected chi connectivity index (χ4v) is 4.37. The smallest absolute Gasteiger partial charge is 0.251 e. The van der Waals surface area contributed by atoms with E-state index in [4.69, 9.17) is 4.74 Å². The molecule has 0 bridgehead atoms. The van der Waals surface area contributed by atoms with E-state index in [0.29, 0.717) is 30.8 Å². The predicted molar refractivity (Wildman–Crippen MR) is 129 cm³/mol. The van der Waals surface area contributed by atoms with Crippen LogP contribution in [0.4, 0.5) is 4.39 Å². The molecule has 0 aromatic heterocycles. The number of ether oxygens (including phenoxy) is 1. The van der Waals surface area contributed by atoms with Crippen LogP contribution in [0.2, 0.25) is 0 Å². The SMILES string of the molecule is O=C([O-])c1ccc(C[NH+]2CCC[C@@H](O)[C@H](NC(=O)c3ccc(OCc4ccc(F)cc4)cc3)C2)cc1. The molecule has 1 aliphatic heterocycles. The van der Waals surface area contributed by atoms with Gasteiger partial charge in [-0.05, 0) is 60.4 Å². The average molecular weight is 493 g/mol. The fourth-order valence-electron chi connectivity index (χ4n) is 4.37. The maximum Gasteiger partial charge on any atom is 0.251 e. The summed E-state index contributed by atoms with van der Waals surface area (Å²) in [6.07, 6.45) is 0.763. The number of hydrogen-bond donors (Lipinski definition) is 3. The van der Waals surface area contributed by atoms with Crippen molar-refractivity contribution in [3.8, 4) is 5.75 Å². The van der Waals surface area contributed by atoms with Crippen LogP contribution in [0.5, 0.6) is 5.75 Å². The van der Waals surface area contributed by atoms with Crippen LogP contribution in [0.15, 0.2) is 72.8 Å². The number of aromatic carboxylic acids is 1. The van der Waals surface area contributed by atoms with Gasteiger partial charge in [0.25, 0.3) is 5.91 Å². The minimum atomic E-state index is -1.21. The number of quaternary nitrogens is 1. The van der Waals surface area contributed by atoms with Gasteiger partial charge in [0.05, 0.1) is 18.6 Å². The van der Waals surface area contributed by atoms with Gasteiger partial charge < -0.3 is 30.0 Å². The normalized spacial score (nSPS) is 19.8. The lowest BCUT2D eigenvalue weighted by atomic mass is 10.1. The highest BCUT2D eigenvalue weighted by Gasteiger charge is 2.30. The van der Waals surface area contributed by atoms with Gasteiger partial charge in [0.2, 0.25) is 0 Å². The van der Waals surface area contributed by atoms with Gasteiger partial charge in [-0.3, -0.25) is 4.79 Å². The number of aliphatic hydroxyl groups excluding tert-OH is 1. The summed E-state index contributed by atoms with van der Waals surface area (Å²) in [6.45, 7) is 2.33. The molecule has 3 aromatic carbocycles. The van der Waals surface area contributed by atoms with Crippen molar-refractivity contribution >= 4 is 11.9 Å². The van der Waals surface area contributed by atoms with Crippen molar-refractivity contribution in [3.63, 3.8) is 0 Å². The number of amides is 1. The summed E-state index contributed by atoms with van der Waals surface area (Å²) in [7, 11) is 0. The first-order valence-electron chi connectivity index (χ1n) is 12.0. The predicted octanol–water partition coefficient (Wildman–Crippen LogP) is 1.11. The molecule has 0 spiro atoms. The van der Waals surface area contributed by atoms with E-state index in [-0.39, 0.29) is 23.9 Å². The summed E-state index contributed by atoms with van der Waals surface area (Å²) in [5.41, 5.74) is 2.41. The van der Waals surface area contributed by atoms with Gasteiger partial charge in [0.1, 0.15) is 37.3 Å². The highest BCUT2D eigenvalue weighted by molar-refractivity contribution is 5.94. The van der Waals surface area contributed by atoms with Crippen molar-refractivity contribution in [2.45, 2.75) is 38.1 Å². The molecule has 1 unspecified atom stereocenters. The number of carbonyl (C=O) groups is 2. The molecule has 188 valence electrons. The van der Waals surface area contributed by atoms with E-state index in [1.165, 1.54) is 29.2 Å². The number of aliphatic hydroxyl groups is 1. The second-order valence-corrected chi connectivity index (χ2v) is 9.09. The zero-order chi connectivity index (χ0) is 25.5. The van der Waals surface area contributed by atoms with Crippen molar-refractivity contribution in [1.29, 1.82) is 0 Å². The Balaban J connectivity index is 1.33. The maximum absolute atomic E-state index is 13.0. The van der Waals surface area contributed by atoms with E-state index in [9.17, 15) is 24.2 Å². The number of hydrogen-bond acceptors (Lipinski definition) is 5. The molecular formula is C28H29FN2O5. The summed E-state index contributed by atoms with van der Waals surface area (Å²) in [5, 5.41) is 24.6. The lowest BCUT2D eigenvalue weighted by Crippen LogP contribution is -3.12. The molecule has 1 fully saturated rings. The number of rotatable bonds is 8. The first-order valence-corrected chi connectivity index (χ1v) is 12.0. The summed E-state index contributed by atoms with van der Waals surface area (Å²) >= 11 is 0. The average Bonchev–Trinajstić information content (AvgIpc) is 3.05. The van der Waals surface area contributed by atoms with E-state index in [2.05, 4.69) is 5.32 Å². The molecule has 4 rings (SSSR count). The molecule has 3 aromatic rings. The van der Waals surface area contributed by atoms with E-state index in [1.807, 2.05) is 0 Å². The number of carbonyl (C=O) groups excluding carboxylic acids is 2. The van der Waals surface area contributed by atoms with Crippen LogP contribution >= 0.6 is 0 Å². The molecule has 1 saturated heterocycles. The van der Waals surface area contributed by atoms with Gasteiger partial charge in [0, 0.05) is 11.1 Å². The fraction of sp³-hybridized carbons (Fsp3) is 0.286. The number of benzene rings is 3. The topological polar surface area (TPSA) is 103 Å². The van der Waals surface area contributed by atoms with Crippen LogP contribution in [0.25, 0.3) is 0 Å². The van der Waals surface area contributed by atoms with Crippen molar-refractivity contribution in [3.05, 3.63) is 101 Å². The zero-order valence-corrected chi connectivity index (χ0v) is 19.8. The van der Waals surface area contributed by atoms with Gasteiger partial charge in [-0.2, -0.15) is 0 Å². The molecule has 0 radical (unpaired) electrons. The maximum atomic E-state index is 13.0. The van der Waals surface area contributed by atoms with Crippen LogP contribution in [0, 0.1) is 5.82 Å². The summed E-state index contributed by atoms with van der Waals surface area (Å²) in [4.78, 5) is 25.1. The van der Waals surface area contributed by atoms with Crippen LogP contribution in [-0.4, -0.2) is 42.2 Å². The second-order valence-electron chi connectivity index (χ2n) is 9.09. The number of halogens is 1. The Kier molecular flexibility index (Phi) is 8.30. The highest BCUT2D eigenvalue weighted by Crippen LogP contribution is 2.15. The minimum absolute atomic E-state index is 0.136. The molecule has 1 heterocycles. The molecule has 3 atom stereocenters. The van der Waals surface area contributed by atoms with Gasteiger partial charge in [0.15, 0.2) is 0 Å². The molecule has 36 heavy (non-hydrogen) atoms. The summed E-state index contributed by atoms with van der Waals surface area (Å²) < 4.78 is 18.7. The molecule has 8 heteroatoms. The van der Waals surface area contributed by atoms with Gasteiger partial charge in [-0.25, -0.2) is 4.39 Å². The Bertz CT molecular complexity index is 1170. The van der Waals surface area contributed by atoms with Crippen LogP contribution in [-0.2, 0) is 13.2 Å². The monoisotopic (exact) mass is 492 g/mol. The Labute approximate surface area is 209 Å². The van der Waals surface area contributed by atoms with Crippen LogP contribution in [0.1, 0.15) is 44.7 Å². The van der Waals surface area contributed by atoms with E-state index < -0.39 is 18.1 Å². The van der Waals surface area contributed by atoms with E-state index in [0.717, 1.165) is 24.1 Å². The van der Waals surface area contributed by atoms with Crippen molar-refractivity contribution in [2.24, 2.45) is 0 Å². The van der Waals surface area contributed by atoms with Gasteiger partial charge >= 0.3 is 0 Å². The Morgan fingerprint density at radius 3 is 2.28 bits per heavy atom. The van der Waals surface area contributed by atoms with E-state index >= 15 is 0 Å². The molecule has 0 saturated carbocycles. The van der Waals surface area contributed by atoms with Gasteiger partial charge in [-0.1, -0.05) is 36.4 Å². The number of nitrogens with one attached hydrogen (secondary N) is 2. The minimum Gasteiger partial charge on any atom is -0.545 e. The quantitative estimate of drug-likeness (QED) is 0.437. The Morgan fingerprint density at radius 1 is 0.972 bits per heavy atom. The molecule has 1 aliphatic rings. The molecule has 3 N–H and O–H groups in total. The lowest BCUT2D eigenvalue weighted by Gasteiger charge is -2.25. The third kappa shape index (κ3) is 6.90. The highest BCUT2D eigenvalue weighted by atomic mass is 19.1. The zero-order valence-electron chi connectivity index (χ0n) is 19.8. The summed E-state index contributed by atoms with van der Waals surface area (Å²) in [6, 6.07) is 19.0. The molecule has 7 nitrogen and oxygen atoms in total. The number of likely N-dealkylation sites (tertiary alicyclic amines) is 1. The van der Waals surface area contributed by atoms with Crippen LogP contribution < -0.4 is 20.1 Å². The van der Waals surface area contributed by atoms with Crippen molar-refractivity contribution in [1.82, 2.24) is 5.32 Å². The third-order valence-electron chi connectivity index (χ3n) is 6.40. The number of carboxylic acids is 1. The summed E-state index contributed by atoms with van der Waals surface area (Å²) in [5.74, 6) is -1.19. The third-order valence-corrected chi connectivity index (χ3v) is 6.40. The Morgan fingerprint density at radius 2 is 1.61 bits per heavy atom. The standard InChI is InChI=1S/C28H29FN2O5/c29-23-11-5-20(6-12-23)18-36-24-13-9-21(10-14-24)27(33)30-25-17-31(15-1-2-26(25)32)16-19-3-7-22(8-4-19)28(34)35/h3-14,25-26,32H,1-2,15-18H2,(H,30,33)(H,34,35)/t25-,26-/m1/s1. The lowest BCUT2D eigenvalue weighted by molar-refractivity contribution is -0.914. The number of carboxylic acid groups (broad SMARTS) is 1. The first kappa shape index (κ1) is 25.3. The molecular weight excluding hydrogens is 463 g/mol. The van der Waals surface area contributed by atoms with Crippen LogP contribution in [0.3, 0.4) is 0 Å². The van der Waals surface area contributed by atoms with Crippen molar-refractivity contribution < 1.29 is 33.8 Å². The van der Waals surface area contributed by atoms with Crippen molar-refractivity contribution in [2.75, 3.05) is 13.1 Å². The van der Waals surface area contributed by atoms with E-state index in [1.54, 1.807) is 48.5 Å². The second kappa shape index (κ2) is 11.8. The Hall–Kier alpha value is -3.75. The molecule has 0 aliphatic carbocycles. The molecule has 1 amide bonds. The first-order chi connectivity index (χ1) is 17.4.